The zero-order valence-corrected chi connectivity index (χ0v) is 15.2. The monoisotopic (exact) mass is 353 g/mol. The summed E-state index contributed by atoms with van der Waals surface area (Å²) in [6.45, 7) is 4.32. The minimum Gasteiger partial charge on any atom is -0.623 e. The fraction of sp³-hybridized carbons (Fsp3) is 0.875. The molecule has 2 atom stereocenters. The van der Waals surface area contributed by atoms with Gasteiger partial charge >= 0.3 is 5.13 Å². The molecule has 24 heavy (non-hydrogen) atoms. The van der Waals surface area contributed by atoms with Crippen molar-refractivity contribution in [3.05, 3.63) is 10.2 Å². The molecule has 0 N–H and O–H groups in total. The van der Waals surface area contributed by atoms with E-state index in [9.17, 15) is 5.21 Å². The molecule has 3 fully saturated rings. The minimum absolute atomic E-state index is 0.0916. The molecular formula is C16H27N5O2S. The van der Waals surface area contributed by atoms with Crippen molar-refractivity contribution in [1.82, 2.24) is 24.6 Å². The summed E-state index contributed by atoms with van der Waals surface area (Å²) < 4.78 is 5.08. The summed E-state index contributed by atoms with van der Waals surface area (Å²) in [5.41, 5.74) is 0. The number of quaternary nitrogens is 1. The third-order valence-corrected chi connectivity index (χ3v) is 6.78. The van der Waals surface area contributed by atoms with Gasteiger partial charge in [0.2, 0.25) is 0 Å². The average Bonchev–Trinajstić information content (AvgIpc) is 3.22. The van der Waals surface area contributed by atoms with E-state index in [0.29, 0.717) is 30.9 Å². The molecule has 2 saturated heterocycles. The van der Waals surface area contributed by atoms with Crippen LogP contribution in [-0.4, -0.2) is 72.7 Å². The van der Waals surface area contributed by atoms with Gasteiger partial charge in [-0.1, -0.05) is 24.4 Å². The van der Waals surface area contributed by atoms with Gasteiger partial charge in [0.15, 0.2) is 6.17 Å². The Hall–Kier alpha value is -0.640. The van der Waals surface area contributed by atoms with Crippen molar-refractivity contribution in [3.8, 4) is 0 Å². The van der Waals surface area contributed by atoms with Crippen LogP contribution in [0.2, 0.25) is 0 Å². The summed E-state index contributed by atoms with van der Waals surface area (Å²) >= 11 is 1.56. The molecule has 134 valence electrons. The summed E-state index contributed by atoms with van der Waals surface area (Å²) in [5.74, 6) is 0.513. The quantitative estimate of drug-likeness (QED) is 0.611. The highest BCUT2D eigenvalue weighted by Crippen LogP contribution is 2.40. The van der Waals surface area contributed by atoms with Crippen molar-refractivity contribution in [2.24, 2.45) is 0 Å². The van der Waals surface area contributed by atoms with Crippen LogP contribution in [0.3, 0.4) is 0 Å². The van der Waals surface area contributed by atoms with Crippen LogP contribution in [0.4, 0.5) is 5.13 Å². The van der Waals surface area contributed by atoms with Gasteiger partial charge in [-0.25, -0.2) is 4.90 Å². The van der Waals surface area contributed by atoms with Crippen LogP contribution in [0.1, 0.15) is 43.0 Å². The Morgan fingerprint density at radius 2 is 1.92 bits per heavy atom. The average molecular weight is 353 g/mol. The highest BCUT2D eigenvalue weighted by Gasteiger charge is 2.46. The number of rotatable bonds is 3. The van der Waals surface area contributed by atoms with Gasteiger partial charge in [-0.15, -0.1) is 5.10 Å². The second kappa shape index (κ2) is 6.93. The molecule has 0 radical (unpaired) electrons. The van der Waals surface area contributed by atoms with E-state index in [4.69, 9.17) is 4.74 Å². The number of nitrogens with zero attached hydrogens (tertiary/aromatic N) is 5. The Labute approximate surface area is 147 Å². The van der Waals surface area contributed by atoms with Crippen molar-refractivity contribution in [1.29, 1.82) is 0 Å². The van der Waals surface area contributed by atoms with E-state index in [1.165, 1.54) is 32.1 Å². The van der Waals surface area contributed by atoms with Crippen LogP contribution in [-0.2, 0) is 4.74 Å². The SMILES string of the molecule is CN1CC(N2CCOCC2)[N+]([O-])(c2nnc(C3CCCCC3)s2)C1. The van der Waals surface area contributed by atoms with Crippen LogP contribution in [0.25, 0.3) is 0 Å². The number of aromatic nitrogens is 2. The fourth-order valence-corrected chi connectivity index (χ4v) is 5.34. The first-order chi connectivity index (χ1) is 11.7. The largest absolute Gasteiger partial charge is 0.623 e. The summed E-state index contributed by atoms with van der Waals surface area (Å²) in [6, 6.07) is 0. The first-order valence-electron chi connectivity index (χ1n) is 9.10. The molecule has 0 bridgehead atoms. The fourth-order valence-electron chi connectivity index (χ4n) is 4.26. The topological polar surface area (TPSA) is 64.5 Å². The predicted molar refractivity (Wildman–Crippen MR) is 94.6 cm³/mol. The molecule has 0 aromatic carbocycles. The molecule has 2 unspecified atom stereocenters. The smallest absolute Gasteiger partial charge is 0.309 e. The number of ether oxygens (including phenoxy) is 1. The maximum atomic E-state index is 13.8. The number of hydrogen-bond donors (Lipinski definition) is 0. The Morgan fingerprint density at radius 3 is 2.67 bits per heavy atom. The van der Waals surface area contributed by atoms with Gasteiger partial charge in [0.25, 0.3) is 0 Å². The molecule has 8 heteroatoms. The third kappa shape index (κ3) is 3.11. The normalized spacial score (nSPS) is 34.0. The van der Waals surface area contributed by atoms with Crippen LogP contribution in [0.15, 0.2) is 0 Å². The molecule has 1 saturated carbocycles. The van der Waals surface area contributed by atoms with E-state index >= 15 is 0 Å². The molecule has 2 aliphatic heterocycles. The highest BCUT2D eigenvalue weighted by molar-refractivity contribution is 7.15. The molecule has 3 aliphatic rings. The molecule has 1 aliphatic carbocycles. The Balaban J connectivity index is 1.56. The van der Waals surface area contributed by atoms with Gasteiger partial charge < -0.3 is 9.94 Å². The summed E-state index contributed by atoms with van der Waals surface area (Å²) in [6.07, 6.45) is 6.17. The standard InChI is InChI=1S/C16H27N5O2S/c1-19-11-14(20-7-9-23-10-8-20)21(22,12-19)16-18-17-15(24-16)13-5-3-2-4-6-13/h13-14H,2-12H2,1H3. The summed E-state index contributed by atoms with van der Waals surface area (Å²) in [7, 11) is 2.02. The third-order valence-electron chi connectivity index (χ3n) is 5.58. The minimum atomic E-state index is -0.374. The van der Waals surface area contributed by atoms with Crippen molar-refractivity contribution in [2.75, 3.05) is 46.6 Å². The maximum Gasteiger partial charge on any atom is 0.309 e. The van der Waals surface area contributed by atoms with E-state index in [1.807, 2.05) is 7.05 Å². The zero-order chi connectivity index (χ0) is 16.6. The van der Waals surface area contributed by atoms with Gasteiger partial charge in [0.05, 0.1) is 19.8 Å². The van der Waals surface area contributed by atoms with Crippen molar-refractivity contribution < 1.29 is 4.74 Å². The van der Waals surface area contributed by atoms with Gasteiger partial charge in [-0.05, 0) is 31.2 Å². The molecule has 4 rings (SSSR count). The Bertz CT molecular complexity index is 558. The lowest BCUT2D eigenvalue weighted by molar-refractivity contribution is -0.00410. The van der Waals surface area contributed by atoms with Crippen LogP contribution >= 0.6 is 11.3 Å². The van der Waals surface area contributed by atoms with Crippen LogP contribution in [0, 0.1) is 5.21 Å². The second-order valence-corrected chi connectivity index (χ2v) is 8.35. The van der Waals surface area contributed by atoms with Crippen molar-refractivity contribution >= 4 is 16.5 Å². The Kier molecular flexibility index (Phi) is 4.86. The molecular weight excluding hydrogens is 326 g/mol. The van der Waals surface area contributed by atoms with E-state index in [2.05, 4.69) is 20.0 Å². The second-order valence-electron chi connectivity index (χ2n) is 7.36. The number of hydrogen-bond acceptors (Lipinski definition) is 7. The van der Waals surface area contributed by atoms with Crippen molar-refractivity contribution in [2.45, 2.75) is 44.2 Å². The highest BCUT2D eigenvalue weighted by atomic mass is 32.1. The van der Waals surface area contributed by atoms with Gasteiger partial charge in [0, 0.05) is 19.0 Å². The van der Waals surface area contributed by atoms with Crippen molar-refractivity contribution in [3.63, 3.8) is 0 Å². The van der Waals surface area contributed by atoms with E-state index in [1.54, 1.807) is 11.3 Å². The molecule has 1 aromatic rings. The van der Waals surface area contributed by atoms with E-state index < -0.39 is 0 Å². The number of hydroxylamine groups is 2. The maximum absolute atomic E-state index is 13.8. The Morgan fingerprint density at radius 1 is 1.17 bits per heavy atom. The molecule has 3 heterocycles. The number of likely N-dealkylation sites (N-methyl/N-ethyl adjacent to an activating group) is 1. The molecule has 0 spiro atoms. The summed E-state index contributed by atoms with van der Waals surface area (Å²) in [4.78, 5) is 4.40. The van der Waals surface area contributed by atoms with Crippen LogP contribution in [0.5, 0.6) is 0 Å². The first kappa shape index (κ1) is 16.8. The van der Waals surface area contributed by atoms with Gasteiger partial charge in [0.1, 0.15) is 11.7 Å². The first-order valence-corrected chi connectivity index (χ1v) is 9.91. The molecule has 7 nitrogen and oxygen atoms in total. The van der Waals surface area contributed by atoms with E-state index in [-0.39, 0.29) is 10.8 Å². The summed E-state index contributed by atoms with van der Waals surface area (Å²) in [5, 5.41) is 24.3. The van der Waals surface area contributed by atoms with Gasteiger partial charge in [-0.2, -0.15) is 0 Å². The lowest BCUT2D eigenvalue weighted by Gasteiger charge is -2.45. The lowest BCUT2D eigenvalue weighted by atomic mass is 9.90. The zero-order valence-electron chi connectivity index (χ0n) is 14.4. The lowest BCUT2D eigenvalue weighted by Crippen LogP contribution is -2.59. The van der Waals surface area contributed by atoms with Gasteiger partial charge in [-0.3, -0.25) is 9.55 Å². The molecule has 1 aromatic heterocycles. The number of morpholine rings is 1. The van der Waals surface area contributed by atoms with E-state index in [0.717, 1.165) is 24.6 Å². The predicted octanol–water partition coefficient (Wildman–Crippen LogP) is 1.95. The molecule has 0 amide bonds. The van der Waals surface area contributed by atoms with Crippen LogP contribution < -0.4 is 4.65 Å².